The van der Waals surface area contributed by atoms with E-state index in [-0.39, 0.29) is 23.9 Å². The average Bonchev–Trinajstić information content (AvgIpc) is 3.24. The zero-order valence-electron chi connectivity index (χ0n) is 15.5. The minimum absolute atomic E-state index is 0.159. The molecule has 1 amide bonds. The van der Waals surface area contributed by atoms with Gasteiger partial charge in [0, 0.05) is 36.9 Å². The second-order valence-corrected chi connectivity index (χ2v) is 9.01. The molecule has 0 N–H and O–H groups in total. The van der Waals surface area contributed by atoms with E-state index >= 15 is 0 Å². The van der Waals surface area contributed by atoms with E-state index in [2.05, 4.69) is 4.98 Å². The van der Waals surface area contributed by atoms with Gasteiger partial charge in [0.05, 0.1) is 17.4 Å². The number of piperazine rings is 1. The number of imidazole rings is 1. The number of halogens is 1. The summed E-state index contributed by atoms with van der Waals surface area (Å²) < 4.78 is 28.8. The monoisotopic (exact) mass is 430 g/mol. The SMILES string of the molecule is O=C(c1cncn1-c1ccccc1)N1CCN(S(=O)(=O)c2cccc(Cl)c2)CC1. The number of rotatable bonds is 4. The second-order valence-electron chi connectivity index (χ2n) is 6.64. The fraction of sp³-hybridized carbons (Fsp3) is 0.200. The first-order chi connectivity index (χ1) is 14.0. The fourth-order valence-corrected chi connectivity index (χ4v) is 5.04. The molecule has 0 saturated carbocycles. The van der Waals surface area contributed by atoms with Crippen LogP contribution in [0.25, 0.3) is 5.69 Å². The van der Waals surface area contributed by atoms with Crippen molar-refractivity contribution in [2.45, 2.75) is 4.90 Å². The van der Waals surface area contributed by atoms with Gasteiger partial charge >= 0.3 is 0 Å². The number of amides is 1. The van der Waals surface area contributed by atoms with Crippen LogP contribution in [0.5, 0.6) is 0 Å². The molecule has 0 spiro atoms. The zero-order valence-corrected chi connectivity index (χ0v) is 17.1. The van der Waals surface area contributed by atoms with Crippen LogP contribution in [0.4, 0.5) is 0 Å². The molecule has 2 aromatic carbocycles. The Balaban J connectivity index is 1.48. The van der Waals surface area contributed by atoms with E-state index in [4.69, 9.17) is 11.6 Å². The van der Waals surface area contributed by atoms with E-state index in [0.29, 0.717) is 23.8 Å². The van der Waals surface area contributed by atoms with E-state index in [0.717, 1.165) is 5.69 Å². The molecule has 9 heteroatoms. The molecule has 7 nitrogen and oxygen atoms in total. The van der Waals surface area contributed by atoms with Crippen LogP contribution in [0.15, 0.2) is 72.0 Å². The van der Waals surface area contributed by atoms with Crippen molar-refractivity contribution in [2.75, 3.05) is 26.2 Å². The van der Waals surface area contributed by atoms with Gasteiger partial charge < -0.3 is 4.90 Å². The molecule has 29 heavy (non-hydrogen) atoms. The maximum absolute atomic E-state index is 13.0. The second kappa shape index (κ2) is 7.98. The third-order valence-electron chi connectivity index (χ3n) is 4.85. The molecule has 1 saturated heterocycles. The number of nitrogens with zero attached hydrogens (tertiary/aromatic N) is 4. The number of para-hydroxylation sites is 1. The van der Waals surface area contributed by atoms with Crippen LogP contribution in [0.1, 0.15) is 10.5 Å². The highest BCUT2D eigenvalue weighted by atomic mass is 35.5. The van der Waals surface area contributed by atoms with Crippen molar-refractivity contribution >= 4 is 27.5 Å². The summed E-state index contributed by atoms with van der Waals surface area (Å²) in [5.41, 5.74) is 1.29. The highest BCUT2D eigenvalue weighted by Gasteiger charge is 2.31. The number of carbonyl (C=O) groups is 1. The number of sulfonamides is 1. The highest BCUT2D eigenvalue weighted by Crippen LogP contribution is 2.21. The maximum atomic E-state index is 13.0. The molecule has 1 aliphatic heterocycles. The Labute approximate surface area is 174 Å². The van der Waals surface area contributed by atoms with Crippen LogP contribution in [0, 0.1) is 0 Å². The predicted molar refractivity (Wildman–Crippen MR) is 110 cm³/mol. The van der Waals surface area contributed by atoms with Crippen molar-refractivity contribution in [1.82, 2.24) is 18.8 Å². The minimum Gasteiger partial charge on any atom is -0.335 e. The van der Waals surface area contributed by atoms with Crippen molar-refractivity contribution in [2.24, 2.45) is 0 Å². The Morgan fingerprint density at radius 3 is 2.38 bits per heavy atom. The first-order valence-electron chi connectivity index (χ1n) is 9.09. The molecule has 1 fully saturated rings. The Morgan fingerprint density at radius 2 is 1.69 bits per heavy atom. The van der Waals surface area contributed by atoms with E-state index in [1.165, 1.54) is 22.6 Å². The molecule has 2 heterocycles. The third kappa shape index (κ3) is 3.91. The van der Waals surface area contributed by atoms with Gasteiger partial charge in [0.2, 0.25) is 10.0 Å². The van der Waals surface area contributed by atoms with Gasteiger partial charge in [-0.3, -0.25) is 9.36 Å². The zero-order chi connectivity index (χ0) is 20.4. The number of carbonyl (C=O) groups excluding carboxylic acids is 1. The molecule has 3 aromatic rings. The first kappa shape index (κ1) is 19.6. The van der Waals surface area contributed by atoms with Crippen molar-refractivity contribution in [3.63, 3.8) is 0 Å². The van der Waals surface area contributed by atoms with Crippen LogP contribution in [0.2, 0.25) is 5.02 Å². The number of aromatic nitrogens is 2. The number of hydrogen-bond acceptors (Lipinski definition) is 4. The van der Waals surface area contributed by atoms with Gasteiger partial charge in [0.25, 0.3) is 5.91 Å². The smallest absolute Gasteiger partial charge is 0.272 e. The van der Waals surface area contributed by atoms with Crippen molar-refractivity contribution in [1.29, 1.82) is 0 Å². The average molecular weight is 431 g/mol. The summed E-state index contributed by atoms with van der Waals surface area (Å²) in [6, 6.07) is 15.7. The highest BCUT2D eigenvalue weighted by molar-refractivity contribution is 7.89. The normalized spacial score (nSPS) is 15.4. The predicted octanol–water partition coefficient (Wildman–Crippen LogP) is 2.67. The lowest BCUT2D eigenvalue weighted by Gasteiger charge is -2.34. The molecular formula is C20H19ClN4O3S. The molecule has 150 valence electrons. The molecular weight excluding hydrogens is 412 g/mol. The molecule has 1 aliphatic rings. The van der Waals surface area contributed by atoms with E-state index in [9.17, 15) is 13.2 Å². The molecule has 0 radical (unpaired) electrons. The molecule has 0 bridgehead atoms. The van der Waals surface area contributed by atoms with Crippen LogP contribution < -0.4 is 0 Å². The Bertz CT molecular complexity index is 1120. The molecule has 0 unspecified atom stereocenters. The summed E-state index contributed by atoms with van der Waals surface area (Å²) in [6.45, 7) is 1.05. The van der Waals surface area contributed by atoms with Gasteiger partial charge in [0.15, 0.2) is 0 Å². The number of hydrogen-bond donors (Lipinski definition) is 0. The summed E-state index contributed by atoms with van der Waals surface area (Å²) in [7, 11) is -3.65. The van der Waals surface area contributed by atoms with Gasteiger partial charge in [-0.2, -0.15) is 4.31 Å². The first-order valence-corrected chi connectivity index (χ1v) is 10.9. The fourth-order valence-electron chi connectivity index (χ4n) is 3.32. The lowest BCUT2D eigenvalue weighted by Crippen LogP contribution is -2.50. The summed E-state index contributed by atoms with van der Waals surface area (Å²) in [5, 5.41) is 0.370. The van der Waals surface area contributed by atoms with Gasteiger partial charge in [-0.1, -0.05) is 35.9 Å². The quantitative estimate of drug-likeness (QED) is 0.637. The summed E-state index contributed by atoms with van der Waals surface area (Å²) in [6.07, 6.45) is 3.13. The lowest BCUT2D eigenvalue weighted by molar-refractivity contribution is 0.0690. The summed E-state index contributed by atoms with van der Waals surface area (Å²) in [4.78, 5) is 18.9. The molecule has 0 aliphatic carbocycles. The largest absolute Gasteiger partial charge is 0.335 e. The summed E-state index contributed by atoms with van der Waals surface area (Å²) >= 11 is 5.93. The van der Waals surface area contributed by atoms with Crippen LogP contribution in [-0.2, 0) is 10.0 Å². The van der Waals surface area contributed by atoms with E-state index in [1.54, 1.807) is 27.9 Å². The van der Waals surface area contributed by atoms with Crippen molar-refractivity contribution < 1.29 is 13.2 Å². The Kier molecular flexibility index (Phi) is 5.40. The van der Waals surface area contributed by atoms with Crippen molar-refractivity contribution in [3.05, 3.63) is 77.8 Å². The minimum atomic E-state index is -3.65. The topological polar surface area (TPSA) is 75.5 Å². The van der Waals surface area contributed by atoms with E-state index < -0.39 is 10.0 Å². The van der Waals surface area contributed by atoms with Crippen LogP contribution >= 0.6 is 11.6 Å². The van der Waals surface area contributed by atoms with Crippen molar-refractivity contribution in [3.8, 4) is 5.69 Å². The lowest BCUT2D eigenvalue weighted by atomic mass is 10.3. The Morgan fingerprint density at radius 1 is 0.966 bits per heavy atom. The van der Waals surface area contributed by atoms with Gasteiger partial charge in [0.1, 0.15) is 5.69 Å². The molecule has 4 rings (SSSR count). The number of benzene rings is 2. The molecule has 1 aromatic heterocycles. The standard InChI is InChI=1S/C20H19ClN4O3S/c21-16-5-4-8-18(13-16)29(27,28)24-11-9-23(10-12-24)20(26)19-14-22-15-25(19)17-6-2-1-3-7-17/h1-8,13-15H,9-12H2. The van der Waals surface area contributed by atoms with Gasteiger partial charge in [-0.15, -0.1) is 0 Å². The van der Waals surface area contributed by atoms with Gasteiger partial charge in [-0.25, -0.2) is 13.4 Å². The van der Waals surface area contributed by atoms with Gasteiger partial charge in [-0.05, 0) is 30.3 Å². The van der Waals surface area contributed by atoms with E-state index in [1.807, 2.05) is 30.3 Å². The van der Waals surface area contributed by atoms with Crippen LogP contribution in [-0.4, -0.2) is 59.3 Å². The maximum Gasteiger partial charge on any atom is 0.272 e. The third-order valence-corrected chi connectivity index (χ3v) is 6.98. The van der Waals surface area contributed by atoms with Crippen LogP contribution in [0.3, 0.4) is 0 Å². The Hall–Kier alpha value is -2.68. The summed E-state index contributed by atoms with van der Waals surface area (Å²) in [5.74, 6) is -0.175. The molecule has 0 atom stereocenters.